The maximum absolute atomic E-state index is 3.25. The Labute approximate surface area is 90.1 Å². The molecular weight excluding hydrogens is 204 g/mol. The Morgan fingerprint density at radius 3 is 0.889 bits per heavy atom. The van der Waals surface area contributed by atoms with Crippen molar-refractivity contribution in [2.45, 2.75) is 27.7 Å². The molecule has 0 fully saturated rings. The van der Waals surface area contributed by atoms with Crippen molar-refractivity contribution in [2.24, 2.45) is 0 Å². The van der Waals surface area contributed by atoms with Crippen molar-refractivity contribution in [1.29, 1.82) is 0 Å². The van der Waals surface area contributed by atoms with Gasteiger partial charge in [0.2, 0.25) is 0 Å². The zero-order valence-electron chi connectivity index (χ0n) is 7.28. The molecule has 1 unspecified atom stereocenters. The van der Waals surface area contributed by atoms with Gasteiger partial charge in [-0.3, -0.25) is 0 Å². The first-order valence-corrected chi connectivity index (χ1v) is 2.57. The smallest absolute Gasteiger partial charge is 0.346 e. The van der Waals surface area contributed by atoms with E-state index in [9.17, 15) is 0 Å². The van der Waals surface area contributed by atoms with Gasteiger partial charge in [-0.25, -0.2) is 0 Å². The number of rotatable bonds is 0. The zero-order valence-corrected chi connectivity index (χ0v) is 11.5. The van der Waals surface area contributed by atoms with E-state index in [4.69, 9.17) is 0 Å². The van der Waals surface area contributed by atoms with Crippen LogP contribution in [0.15, 0.2) is 0 Å². The van der Waals surface area contributed by atoms with Crippen LogP contribution in [0.2, 0.25) is 0 Å². The summed E-state index contributed by atoms with van der Waals surface area (Å²) in [7, 11) is 0. The fraction of sp³-hybridized carbons (Fsp3) is 0.571. The quantitative estimate of drug-likeness (QED) is 0.438. The van der Waals surface area contributed by atoms with Crippen LogP contribution in [0, 0.1) is 20.3 Å². The van der Waals surface area contributed by atoms with Crippen molar-refractivity contribution in [3.63, 3.8) is 0 Å². The normalized spacial score (nSPS) is 3.33. The molecule has 0 aliphatic heterocycles. The van der Waals surface area contributed by atoms with Gasteiger partial charge in [0.25, 0.3) is 0 Å². The molecule has 0 heterocycles. The topological polar surface area (TPSA) is 0 Å². The summed E-state index contributed by atoms with van der Waals surface area (Å²) in [5, 5.41) is 0. The van der Waals surface area contributed by atoms with Crippen LogP contribution in [0.3, 0.4) is 0 Å². The van der Waals surface area contributed by atoms with Crippen LogP contribution >= 0.6 is 9.90 Å². The van der Waals surface area contributed by atoms with E-state index in [1.54, 1.807) is 13.8 Å². The van der Waals surface area contributed by atoms with Crippen molar-refractivity contribution >= 4 is 9.90 Å². The molecule has 1 atom stereocenters. The predicted octanol–water partition coefficient (Wildman–Crippen LogP) is 2.97. The SMILES string of the molecule is C[CH-]C.P.[CH2-]C.[CH2-]C.[Y+3]. The molecule has 0 bridgehead atoms. The maximum atomic E-state index is 3.25. The summed E-state index contributed by atoms with van der Waals surface area (Å²) in [4.78, 5) is 0. The second kappa shape index (κ2) is 108. The van der Waals surface area contributed by atoms with Crippen LogP contribution in [0.4, 0.5) is 0 Å². The summed E-state index contributed by atoms with van der Waals surface area (Å²) >= 11 is 0. The Bertz CT molecular complexity index is 8.88. The van der Waals surface area contributed by atoms with E-state index in [0.717, 1.165) is 0 Å². The first-order chi connectivity index (χ1) is 3.41. The van der Waals surface area contributed by atoms with E-state index < -0.39 is 0 Å². The van der Waals surface area contributed by atoms with Crippen LogP contribution in [0.5, 0.6) is 0 Å². The Morgan fingerprint density at radius 1 is 0.889 bits per heavy atom. The van der Waals surface area contributed by atoms with Crippen LogP contribution in [0.25, 0.3) is 0 Å². The van der Waals surface area contributed by atoms with Gasteiger partial charge in [-0.15, -0.1) is 0 Å². The van der Waals surface area contributed by atoms with Crippen LogP contribution in [-0.4, -0.2) is 0 Å². The average Bonchev–Trinajstić information content (AvgIpc) is 1.78. The van der Waals surface area contributed by atoms with Gasteiger partial charge in [-0.05, 0) is 0 Å². The van der Waals surface area contributed by atoms with Crippen LogP contribution in [0.1, 0.15) is 27.7 Å². The van der Waals surface area contributed by atoms with Gasteiger partial charge in [0, 0.05) is 0 Å². The summed E-state index contributed by atoms with van der Waals surface area (Å²) in [5.74, 6) is 0. The molecule has 0 aromatic heterocycles. The van der Waals surface area contributed by atoms with Gasteiger partial charge in [0.05, 0.1) is 0 Å². The van der Waals surface area contributed by atoms with Gasteiger partial charge < -0.3 is 20.3 Å². The predicted molar refractivity (Wildman–Crippen MR) is 48.8 cm³/mol. The summed E-state index contributed by atoms with van der Waals surface area (Å²) in [6.45, 7) is 14.0. The molecular formula is C7H20PY. The van der Waals surface area contributed by atoms with E-state index in [1.807, 2.05) is 20.3 Å². The average molecular weight is 224 g/mol. The zero-order chi connectivity index (χ0) is 6.71. The third-order valence-corrected chi connectivity index (χ3v) is 0. The molecule has 2 heteroatoms. The minimum absolute atomic E-state index is 0. The second-order valence-corrected chi connectivity index (χ2v) is 0.577. The molecule has 0 spiro atoms. The van der Waals surface area contributed by atoms with Gasteiger partial charge in [0.1, 0.15) is 0 Å². The van der Waals surface area contributed by atoms with Gasteiger partial charge in [0.15, 0.2) is 0 Å². The Morgan fingerprint density at radius 2 is 0.889 bits per heavy atom. The third-order valence-electron chi connectivity index (χ3n) is 0. The Hall–Kier alpha value is 1.53. The van der Waals surface area contributed by atoms with Crippen LogP contribution in [-0.2, 0) is 32.7 Å². The fourth-order valence-corrected chi connectivity index (χ4v) is 0. The molecule has 0 nitrogen and oxygen atoms in total. The molecule has 0 saturated carbocycles. The van der Waals surface area contributed by atoms with Gasteiger partial charge in [-0.1, -0.05) is 0 Å². The van der Waals surface area contributed by atoms with Crippen LogP contribution < -0.4 is 0 Å². The minimum Gasteiger partial charge on any atom is -0.346 e. The van der Waals surface area contributed by atoms with Crippen molar-refractivity contribution in [2.75, 3.05) is 0 Å². The maximum Gasteiger partial charge on any atom is 3.00 e. The molecule has 0 aromatic rings. The van der Waals surface area contributed by atoms with E-state index >= 15 is 0 Å². The van der Waals surface area contributed by atoms with E-state index in [0.29, 0.717) is 0 Å². The first-order valence-electron chi connectivity index (χ1n) is 2.57. The Kier molecular flexibility index (Phi) is 376. The molecule has 56 valence electrons. The number of hydrogen-bond acceptors (Lipinski definition) is 0. The molecule has 0 radical (unpaired) electrons. The summed E-state index contributed by atoms with van der Waals surface area (Å²) in [5.41, 5.74) is 0. The van der Waals surface area contributed by atoms with Crippen molar-refractivity contribution in [1.82, 2.24) is 0 Å². The van der Waals surface area contributed by atoms with E-state index in [-0.39, 0.29) is 42.6 Å². The molecule has 0 saturated heterocycles. The molecule has 9 heavy (non-hydrogen) atoms. The number of hydrogen-bond donors (Lipinski definition) is 0. The van der Waals surface area contributed by atoms with Crippen molar-refractivity contribution in [3.05, 3.63) is 20.3 Å². The Balaban J connectivity index is -0.00000000825. The third kappa shape index (κ3) is 230. The summed E-state index contributed by atoms with van der Waals surface area (Å²) < 4.78 is 0. The molecule has 0 aliphatic rings. The molecule has 0 aliphatic carbocycles. The largest absolute Gasteiger partial charge is 3.00 e. The van der Waals surface area contributed by atoms with Crippen molar-refractivity contribution in [3.8, 4) is 0 Å². The fourth-order valence-electron chi connectivity index (χ4n) is 0. The standard InChI is InChI=1S/C3H7.2C2H5.H3P.Y/c1-3-2;2*1-2;;/h3H,1-2H3;2*1H2,2H3;1H3;/q3*-1;;+3. The monoisotopic (exact) mass is 224 g/mol. The second-order valence-electron chi connectivity index (χ2n) is 0.577. The molecule has 0 aromatic carbocycles. The molecule has 0 N–H and O–H groups in total. The molecule has 0 rings (SSSR count). The van der Waals surface area contributed by atoms with Gasteiger partial charge >= 0.3 is 32.7 Å². The van der Waals surface area contributed by atoms with Crippen molar-refractivity contribution < 1.29 is 32.7 Å². The minimum atomic E-state index is 0. The summed E-state index contributed by atoms with van der Waals surface area (Å²) in [6.07, 6.45) is 2.00. The van der Waals surface area contributed by atoms with Gasteiger partial charge in [-0.2, -0.15) is 37.6 Å². The first kappa shape index (κ1) is 31.3. The van der Waals surface area contributed by atoms with E-state index in [2.05, 4.69) is 13.8 Å². The molecule has 0 amide bonds. The summed E-state index contributed by atoms with van der Waals surface area (Å²) in [6, 6.07) is 0. The van der Waals surface area contributed by atoms with E-state index in [1.165, 1.54) is 0 Å².